The summed E-state index contributed by atoms with van der Waals surface area (Å²) < 4.78 is 0. The van der Waals surface area contributed by atoms with Crippen molar-refractivity contribution in [3.63, 3.8) is 0 Å². The van der Waals surface area contributed by atoms with Crippen LogP contribution >= 0.6 is 0 Å². The number of nitrogens with two attached hydrogens (primary N) is 1. The van der Waals surface area contributed by atoms with E-state index in [2.05, 4.69) is 157 Å². The molecule has 250 valence electrons. The molecule has 0 saturated heterocycles. The minimum atomic E-state index is 0.915. The first-order valence-corrected chi connectivity index (χ1v) is 17.8. The van der Waals surface area contributed by atoms with E-state index in [0.29, 0.717) is 0 Å². The lowest BCUT2D eigenvalue weighted by atomic mass is 9.90. The second-order valence-electron chi connectivity index (χ2n) is 13.3. The van der Waals surface area contributed by atoms with Crippen LogP contribution in [0.1, 0.15) is 5.56 Å². The summed E-state index contributed by atoms with van der Waals surface area (Å²) in [6.45, 7) is 4.38. The van der Waals surface area contributed by atoms with Crippen molar-refractivity contribution in [3.8, 4) is 44.8 Å². The number of rotatable bonds is 6. The first-order valence-electron chi connectivity index (χ1n) is 17.8. The number of fused-ring (bicyclic) bond motifs is 3. The predicted molar refractivity (Wildman–Crippen MR) is 223 cm³/mol. The zero-order valence-electron chi connectivity index (χ0n) is 29.1. The molecule has 0 atom stereocenters. The van der Waals surface area contributed by atoms with E-state index in [1.54, 1.807) is 6.20 Å². The van der Waals surface area contributed by atoms with Gasteiger partial charge in [-0.2, -0.15) is 0 Å². The van der Waals surface area contributed by atoms with Gasteiger partial charge in [-0.25, -0.2) is 4.98 Å². The van der Waals surface area contributed by atoms with Gasteiger partial charge in [-0.05, 0) is 120 Å². The summed E-state index contributed by atoms with van der Waals surface area (Å²) in [5, 5.41) is 7.74. The van der Waals surface area contributed by atoms with E-state index >= 15 is 0 Å². The van der Waals surface area contributed by atoms with E-state index in [-0.39, 0.29) is 0 Å². The van der Waals surface area contributed by atoms with Crippen LogP contribution < -0.4 is 16.2 Å². The quantitative estimate of drug-likeness (QED) is 0.191. The van der Waals surface area contributed by atoms with Gasteiger partial charge < -0.3 is 5.73 Å². The third-order valence-corrected chi connectivity index (χ3v) is 10.1. The Morgan fingerprint density at radius 2 is 1.08 bits per heavy atom. The Bertz CT molecular complexity index is 2880. The lowest BCUT2D eigenvalue weighted by Crippen LogP contribution is -2.25. The maximum atomic E-state index is 6.15. The number of hydrogen-bond donors (Lipinski definition) is 1. The highest BCUT2D eigenvalue weighted by atomic mass is 14.7. The molecule has 0 aliphatic heterocycles. The second kappa shape index (κ2) is 13.6. The van der Waals surface area contributed by atoms with Crippen molar-refractivity contribution in [1.82, 2.24) is 9.97 Å². The van der Waals surface area contributed by atoms with Crippen molar-refractivity contribution in [1.29, 1.82) is 0 Å². The van der Waals surface area contributed by atoms with E-state index < -0.39 is 0 Å². The molecule has 53 heavy (non-hydrogen) atoms. The Morgan fingerprint density at radius 1 is 0.509 bits per heavy atom. The molecule has 3 nitrogen and oxygen atoms in total. The average Bonchev–Trinajstić information content (AvgIpc) is 3.22. The number of aromatic nitrogens is 2. The van der Waals surface area contributed by atoms with Gasteiger partial charge in [-0.1, -0.05) is 134 Å². The SMILES string of the molecule is C=c1cccc/c1=C(/C=C\N)c1cc(-c2cc(-c3cccc4ccccc34)nc(-c3cccc4ccccc34)c2)cc(-c2ccnc3ccccc23)c1. The summed E-state index contributed by atoms with van der Waals surface area (Å²) in [5.41, 5.74) is 17.4. The lowest BCUT2D eigenvalue weighted by molar-refractivity contribution is 1.33. The van der Waals surface area contributed by atoms with Crippen molar-refractivity contribution in [2.75, 3.05) is 0 Å². The Kier molecular flexibility index (Phi) is 8.15. The molecule has 0 saturated carbocycles. The molecule has 2 aromatic heterocycles. The van der Waals surface area contributed by atoms with Gasteiger partial charge in [0, 0.05) is 22.7 Å². The summed E-state index contributed by atoms with van der Waals surface area (Å²) in [4.78, 5) is 10.1. The van der Waals surface area contributed by atoms with Crippen LogP contribution in [0.3, 0.4) is 0 Å². The van der Waals surface area contributed by atoms with Crippen LogP contribution in [0, 0.1) is 0 Å². The third kappa shape index (κ3) is 5.94. The van der Waals surface area contributed by atoms with E-state index in [1.165, 1.54) is 10.8 Å². The molecule has 3 heteroatoms. The minimum absolute atomic E-state index is 0.915. The number of pyridine rings is 2. The molecular formula is C50H35N3. The Morgan fingerprint density at radius 3 is 1.75 bits per heavy atom. The van der Waals surface area contributed by atoms with Gasteiger partial charge in [0.2, 0.25) is 0 Å². The average molecular weight is 678 g/mol. The Labute approximate surface area is 308 Å². The predicted octanol–water partition coefficient (Wildman–Crippen LogP) is 10.7. The first-order chi connectivity index (χ1) is 26.1. The summed E-state index contributed by atoms with van der Waals surface area (Å²) in [6, 6.07) is 59.9. The molecular weight excluding hydrogens is 643 g/mol. The highest BCUT2D eigenvalue weighted by Gasteiger charge is 2.16. The number of benzene rings is 7. The van der Waals surface area contributed by atoms with Gasteiger partial charge >= 0.3 is 0 Å². The first kappa shape index (κ1) is 31.9. The van der Waals surface area contributed by atoms with Crippen LogP contribution in [-0.4, -0.2) is 9.97 Å². The van der Waals surface area contributed by atoms with Crippen LogP contribution in [0.5, 0.6) is 0 Å². The van der Waals surface area contributed by atoms with E-state index in [0.717, 1.165) is 88.0 Å². The number of allylic oxidation sites excluding steroid dienone is 1. The molecule has 0 amide bonds. The normalized spacial score (nSPS) is 12.2. The Balaban J connectivity index is 1.37. The zero-order chi connectivity index (χ0) is 35.7. The number of hydrogen-bond acceptors (Lipinski definition) is 3. The standard InChI is InChI=1S/C50H35N3/c1-33-12-2-5-17-40(33)43(24-26-51)38-28-36(29-39(30-38)44-25-27-52-48-23-9-8-20-45(44)48)37-31-49(46-21-10-15-34-13-3-6-18-41(34)46)53-50(32-37)47-22-11-16-35-14-4-7-19-42(35)47/h2-32H,1,51H2/b26-24-,43-40+. The molecule has 0 aliphatic rings. The van der Waals surface area contributed by atoms with Crippen molar-refractivity contribution in [3.05, 3.63) is 204 Å². The fraction of sp³-hybridized carbons (Fsp3) is 0. The second-order valence-corrected chi connectivity index (χ2v) is 13.3. The van der Waals surface area contributed by atoms with Crippen molar-refractivity contribution in [2.24, 2.45) is 5.73 Å². The maximum absolute atomic E-state index is 6.15. The lowest BCUT2D eigenvalue weighted by Gasteiger charge is -2.16. The van der Waals surface area contributed by atoms with Crippen LogP contribution in [-0.2, 0) is 0 Å². The molecule has 0 fully saturated rings. The molecule has 0 unspecified atom stereocenters. The van der Waals surface area contributed by atoms with E-state index in [1.807, 2.05) is 36.5 Å². The monoisotopic (exact) mass is 677 g/mol. The molecule has 2 N–H and O–H groups in total. The smallest absolute Gasteiger partial charge is 0.0721 e. The Hall–Kier alpha value is -7.10. The fourth-order valence-corrected chi connectivity index (χ4v) is 7.54. The highest BCUT2D eigenvalue weighted by molar-refractivity contribution is 6.00. The van der Waals surface area contributed by atoms with Crippen LogP contribution in [0.15, 0.2) is 188 Å². The van der Waals surface area contributed by atoms with Crippen LogP contribution in [0.25, 0.3) is 89.4 Å². The molecule has 9 rings (SSSR count). The fourth-order valence-electron chi connectivity index (χ4n) is 7.54. The minimum Gasteiger partial charge on any atom is -0.405 e. The van der Waals surface area contributed by atoms with Crippen molar-refractivity contribution >= 4 is 44.6 Å². The maximum Gasteiger partial charge on any atom is 0.0721 e. The van der Waals surface area contributed by atoms with Gasteiger partial charge in [0.15, 0.2) is 0 Å². The van der Waals surface area contributed by atoms with Crippen LogP contribution in [0.4, 0.5) is 0 Å². The molecule has 0 radical (unpaired) electrons. The summed E-state index contributed by atoms with van der Waals surface area (Å²) in [6.07, 6.45) is 5.48. The molecule has 7 aromatic carbocycles. The molecule has 0 aliphatic carbocycles. The van der Waals surface area contributed by atoms with Gasteiger partial charge in [-0.15, -0.1) is 0 Å². The van der Waals surface area contributed by atoms with Crippen molar-refractivity contribution in [2.45, 2.75) is 0 Å². The molecule has 2 heterocycles. The molecule has 0 spiro atoms. The van der Waals surface area contributed by atoms with Gasteiger partial charge in [0.25, 0.3) is 0 Å². The largest absolute Gasteiger partial charge is 0.405 e. The topological polar surface area (TPSA) is 51.8 Å². The third-order valence-electron chi connectivity index (χ3n) is 10.1. The van der Waals surface area contributed by atoms with Gasteiger partial charge in [0.1, 0.15) is 0 Å². The van der Waals surface area contributed by atoms with Crippen LogP contribution in [0.2, 0.25) is 0 Å². The van der Waals surface area contributed by atoms with E-state index in [4.69, 9.17) is 10.7 Å². The zero-order valence-corrected chi connectivity index (χ0v) is 29.1. The number of nitrogens with zero attached hydrogens (tertiary/aromatic N) is 2. The summed E-state index contributed by atoms with van der Waals surface area (Å²) >= 11 is 0. The van der Waals surface area contributed by atoms with Gasteiger partial charge in [-0.3, -0.25) is 4.98 Å². The van der Waals surface area contributed by atoms with Gasteiger partial charge in [0.05, 0.1) is 16.9 Å². The molecule has 9 aromatic rings. The summed E-state index contributed by atoms with van der Waals surface area (Å²) in [7, 11) is 0. The number of para-hydroxylation sites is 1. The van der Waals surface area contributed by atoms with Crippen molar-refractivity contribution < 1.29 is 0 Å². The molecule has 0 bridgehead atoms. The summed E-state index contributed by atoms with van der Waals surface area (Å²) in [5.74, 6) is 0. The van der Waals surface area contributed by atoms with E-state index in [9.17, 15) is 0 Å². The highest BCUT2D eigenvalue weighted by Crippen LogP contribution is 2.39.